The van der Waals surface area contributed by atoms with Crippen molar-refractivity contribution in [2.45, 2.75) is 13.3 Å². The highest BCUT2D eigenvalue weighted by Crippen LogP contribution is 1.99. The highest BCUT2D eigenvalue weighted by molar-refractivity contribution is 5.90. The smallest absolute Gasteiger partial charge is 0.291 e. The molecule has 0 saturated carbocycles. The minimum Gasteiger partial charge on any atom is -0.335 e. The number of carbonyl (C=O) groups excluding carboxylic acids is 1. The van der Waals surface area contributed by atoms with Gasteiger partial charge >= 0.3 is 0 Å². The Labute approximate surface area is 95.6 Å². The van der Waals surface area contributed by atoms with Gasteiger partial charge in [0, 0.05) is 19.6 Å². The quantitative estimate of drug-likeness (QED) is 0.752. The van der Waals surface area contributed by atoms with Crippen molar-refractivity contribution < 1.29 is 4.79 Å². The molecule has 0 bridgehead atoms. The summed E-state index contributed by atoms with van der Waals surface area (Å²) < 4.78 is 0. The molecule has 6 heteroatoms. The summed E-state index contributed by atoms with van der Waals surface area (Å²) in [6.45, 7) is 4.35. The zero-order chi connectivity index (χ0) is 12.0. The molecule has 0 aliphatic carbocycles. The largest absolute Gasteiger partial charge is 0.335 e. The van der Waals surface area contributed by atoms with Gasteiger partial charge in [-0.1, -0.05) is 6.92 Å². The molecule has 0 aliphatic heterocycles. The Hall–Kier alpha value is -1.43. The van der Waals surface area contributed by atoms with E-state index in [1.54, 1.807) is 4.90 Å². The molecule has 6 nitrogen and oxygen atoms in total. The van der Waals surface area contributed by atoms with E-state index in [1.165, 1.54) is 6.33 Å². The third-order valence-electron chi connectivity index (χ3n) is 2.22. The lowest BCUT2D eigenvalue weighted by Crippen LogP contribution is -2.37. The lowest BCUT2D eigenvalue weighted by atomic mass is 10.3. The first-order chi connectivity index (χ1) is 7.65. The number of aromatic amines is 1. The third-order valence-corrected chi connectivity index (χ3v) is 2.22. The van der Waals surface area contributed by atoms with E-state index >= 15 is 0 Å². The van der Waals surface area contributed by atoms with Gasteiger partial charge in [-0.2, -0.15) is 5.10 Å². The Morgan fingerprint density at radius 2 is 2.12 bits per heavy atom. The van der Waals surface area contributed by atoms with Gasteiger partial charge in [0.15, 0.2) is 0 Å². The summed E-state index contributed by atoms with van der Waals surface area (Å²) in [5.41, 5.74) is 0. The van der Waals surface area contributed by atoms with Crippen LogP contribution < -0.4 is 0 Å². The Bertz CT molecular complexity index is 309. The average molecular weight is 225 g/mol. The summed E-state index contributed by atoms with van der Waals surface area (Å²) in [5, 5.41) is 6.28. The molecule has 1 aromatic rings. The van der Waals surface area contributed by atoms with Crippen LogP contribution in [0.25, 0.3) is 0 Å². The fourth-order valence-corrected chi connectivity index (χ4v) is 1.36. The van der Waals surface area contributed by atoms with Crippen molar-refractivity contribution >= 4 is 5.91 Å². The maximum Gasteiger partial charge on any atom is 0.291 e. The second kappa shape index (κ2) is 6.22. The SMILES string of the molecule is CCCN(CCN(C)C)C(=O)c1ncn[nH]1. The molecule has 0 saturated heterocycles. The molecular weight excluding hydrogens is 206 g/mol. The number of amides is 1. The van der Waals surface area contributed by atoms with Crippen molar-refractivity contribution in [2.75, 3.05) is 33.7 Å². The van der Waals surface area contributed by atoms with Gasteiger partial charge in [0.05, 0.1) is 0 Å². The van der Waals surface area contributed by atoms with Gasteiger partial charge in [-0.3, -0.25) is 9.89 Å². The number of aromatic nitrogens is 3. The fourth-order valence-electron chi connectivity index (χ4n) is 1.36. The molecule has 0 atom stereocenters. The maximum atomic E-state index is 12.0. The first-order valence-electron chi connectivity index (χ1n) is 5.44. The highest BCUT2D eigenvalue weighted by Gasteiger charge is 2.17. The minimum atomic E-state index is -0.0822. The molecule has 0 radical (unpaired) electrons. The third kappa shape index (κ3) is 3.62. The molecule has 1 heterocycles. The number of likely N-dealkylation sites (N-methyl/N-ethyl adjacent to an activating group) is 1. The molecule has 0 fully saturated rings. The molecule has 1 N–H and O–H groups in total. The first kappa shape index (κ1) is 12.6. The van der Waals surface area contributed by atoms with Crippen LogP contribution in [0.4, 0.5) is 0 Å². The first-order valence-corrected chi connectivity index (χ1v) is 5.44. The molecule has 0 aliphatic rings. The molecule has 1 aromatic heterocycles. The van der Waals surface area contributed by atoms with E-state index in [1.807, 2.05) is 14.1 Å². The van der Waals surface area contributed by atoms with E-state index in [0.717, 1.165) is 19.5 Å². The van der Waals surface area contributed by atoms with E-state index in [4.69, 9.17) is 0 Å². The summed E-state index contributed by atoms with van der Waals surface area (Å²) >= 11 is 0. The molecule has 90 valence electrons. The average Bonchev–Trinajstić information content (AvgIpc) is 2.76. The molecule has 0 spiro atoms. The van der Waals surface area contributed by atoms with Gasteiger partial charge in [-0.15, -0.1) is 0 Å². The molecule has 1 amide bonds. The summed E-state index contributed by atoms with van der Waals surface area (Å²) in [6, 6.07) is 0. The summed E-state index contributed by atoms with van der Waals surface area (Å²) in [4.78, 5) is 19.7. The fraction of sp³-hybridized carbons (Fsp3) is 0.700. The minimum absolute atomic E-state index is 0.0822. The number of carbonyl (C=O) groups is 1. The predicted octanol–water partition coefficient (Wildman–Crippen LogP) is 0.219. The second-order valence-electron chi connectivity index (χ2n) is 3.93. The van der Waals surface area contributed by atoms with E-state index in [9.17, 15) is 4.79 Å². The van der Waals surface area contributed by atoms with Gasteiger partial charge in [0.1, 0.15) is 6.33 Å². The van der Waals surface area contributed by atoms with Crippen LogP contribution in [-0.4, -0.2) is 64.6 Å². The van der Waals surface area contributed by atoms with Crippen LogP contribution in [0, 0.1) is 0 Å². The van der Waals surface area contributed by atoms with Gasteiger partial charge in [0.2, 0.25) is 5.82 Å². The van der Waals surface area contributed by atoms with Crippen LogP contribution in [0.3, 0.4) is 0 Å². The van der Waals surface area contributed by atoms with Crippen molar-refractivity contribution in [2.24, 2.45) is 0 Å². The van der Waals surface area contributed by atoms with E-state index < -0.39 is 0 Å². The molecular formula is C10H19N5O. The summed E-state index contributed by atoms with van der Waals surface area (Å²) in [5.74, 6) is 0.230. The Kier molecular flexibility index (Phi) is 4.91. The van der Waals surface area contributed by atoms with Crippen molar-refractivity contribution in [3.05, 3.63) is 12.2 Å². The zero-order valence-corrected chi connectivity index (χ0v) is 10.1. The van der Waals surface area contributed by atoms with Crippen LogP contribution in [0.15, 0.2) is 6.33 Å². The van der Waals surface area contributed by atoms with Gasteiger partial charge in [-0.05, 0) is 20.5 Å². The van der Waals surface area contributed by atoms with E-state index in [0.29, 0.717) is 12.4 Å². The summed E-state index contributed by atoms with van der Waals surface area (Å²) in [7, 11) is 3.98. The Morgan fingerprint density at radius 3 is 2.62 bits per heavy atom. The normalized spacial score (nSPS) is 10.8. The lowest BCUT2D eigenvalue weighted by molar-refractivity contribution is 0.0733. The van der Waals surface area contributed by atoms with Gasteiger partial charge in [-0.25, -0.2) is 4.98 Å². The van der Waals surface area contributed by atoms with Crippen LogP contribution in [-0.2, 0) is 0 Å². The van der Waals surface area contributed by atoms with E-state index in [2.05, 4.69) is 27.0 Å². The number of hydrogen-bond acceptors (Lipinski definition) is 4. The van der Waals surface area contributed by atoms with Crippen LogP contribution >= 0.6 is 0 Å². The van der Waals surface area contributed by atoms with E-state index in [-0.39, 0.29) is 5.91 Å². The van der Waals surface area contributed by atoms with Crippen LogP contribution in [0.2, 0.25) is 0 Å². The van der Waals surface area contributed by atoms with Crippen LogP contribution in [0.1, 0.15) is 24.0 Å². The van der Waals surface area contributed by atoms with Crippen molar-refractivity contribution in [3.8, 4) is 0 Å². The molecule has 16 heavy (non-hydrogen) atoms. The predicted molar refractivity (Wildman–Crippen MR) is 61.1 cm³/mol. The standard InChI is InChI=1S/C10H19N5O/c1-4-5-15(7-6-14(2)3)10(16)9-11-8-12-13-9/h8H,4-7H2,1-3H3,(H,11,12,13). The van der Waals surface area contributed by atoms with Crippen molar-refractivity contribution in [1.29, 1.82) is 0 Å². The number of nitrogens with one attached hydrogen (secondary N) is 1. The number of nitrogens with zero attached hydrogens (tertiary/aromatic N) is 4. The summed E-state index contributed by atoms with van der Waals surface area (Å²) in [6.07, 6.45) is 2.29. The Balaban J connectivity index is 2.58. The van der Waals surface area contributed by atoms with Crippen molar-refractivity contribution in [3.63, 3.8) is 0 Å². The zero-order valence-electron chi connectivity index (χ0n) is 10.1. The monoisotopic (exact) mass is 225 g/mol. The van der Waals surface area contributed by atoms with Crippen molar-refractivity contribution in [1.82, 2.24) is 25.0 Å². The molecule has 0 unspecified atom stereocenters. The second-order valence-corrected chi connectivity index (χ2v) is 3.93. The lowest BCUT2D eigenvalue weighted by Gasteiger charge is -2.22. The number of H-pyrrole nitrogens is 1. The number of rotatable bonds is 6. The van der Waals surface area contributed by atoms with Crippen LogP contribution in [0.5, 0.6) is 0 Å². The highest BCUT2D eigenvalue weighted by atomic mass is 16.2. The Morgan fingerprint density at radius 1 is 1.38 bits per heavy atom. The molecule has 1 rings (SSSR count). The number of hydrogen-bond donors (Lipinski definition) is 1. The maximum absolute atomic E-state index is 12.0. The topological polar surface area (TPSA) is 65.1 Å². The van der Waals surface area contributed by atoms with Gasteiger partial charge in [0.25, 0.3) is 5.91 Å². The van der Waals surface area contributed by atoms with Gasteiger partial charge < -0.3 is 9.80 Å². The molecule has 0 aromatic carbocycles.